The van der Waals surface area contributed by atoms with Gasteiger partial charge in [-0.25, -0.2) is 0 Å². The Morgan fingerprint density at radius 2 is 2.00 bits per heavy atom. The molecule has 0 aromatic carbocycles. The Hall–Kier alpha value is -0.0400. The molecule has 1 nitrogen and oxygen atoms in total. The average Bonchev–Trinajstić information content (AvgIpc) is 2.68. The lowest BCUT2D eigenvalue weighted by Crippen LogP contribution is -1.89. The highest BCUT2D eigenvalue weighted by Crippen LogP contribution is 2.77. The van der Waals surface area contributed by atoms with Gasteiger partial charge in [0.25, 0.3) is 0 Å². The first kappa shape index (κ1) is 5.72. The molecular weight excluding hydrogens is 112 g/mol. The van der Waals surface area contributed by atoms with Crippen molar-refractivity contribution >= 4 is 0 Å². The van der Waals surface area contributed by atoms with Crippen molar-refractivity contribution in [3.05, 3.63) is 0 Å². The van der Waals surface area contributed by atoms with Gasteiger partial charge in [-0.2, -0.15) is 0 Å². The number of aliphatic hydroxyl groups is 1. The van der Waals surface area contributed by atoms with Crippen molar-refractivity contribution in [1.29, 1.82) is 0 Å². The van der Waals surface area contributed by atoms with Gasteiger partial charge >= 0.3 is 0 Å². The van der Waals surface area contributed by atoms with Gasteiger partial charge in [-0.3, -0.25) is 0 Å². The van der Waals surface area contributed by atoms with Gasteiger partial charge in [0.05, 0.1) is 0 Å². The predicted octanol–water partition coefficient (Wildman–Crippen LogP) is 1.27. The molecule has 0 aromatic rings. The summed E-state index contributed by atoms with van der Waals surface area (Å²) in [4.78, 5) is 0. The summed E-state index contributed by atoms with van der Waals surface area (Å²) < 4.78 is 0. The van der Waals surface area contributed by atoms with E-state index in [1.165, 1.54) is 6.42 Å². The van der Waals surface area contributed by atoms with Crippen LogP contribution in [0.2, 0.25) is 0 Å². The van der Waals surface area contributed by atoms with Crippen LogP contribution >= 0.6 is 0 Å². The largest absolute Gasteiger partial charge is 0.396 e. The maximum atomic E-state index is 8.82. The van der Waals surface area contributed by atoms with Gasteiger partial charge in [-0.1, -0.05) is 13.8 Å². The first-order chi connectivity index (χ1) is 4.23. The van der Waals surface area contributed by atoms with Crippen LogP contribution in [-0.2, 0) is 0 Å². The van der Waals surface area contributed by atoms with Crippen molar-refractivity contribution in [1.82, 2.24) is 0 Å². The second-order valence-electron chi connectivity index (χ2n) is 3.77. The van der Waals surface area contributed by atoms with E-state index in [1.807, 2.05) is 0 Å². The summed E-state index contributed by atoms with van der Waals surface area (Å²) in [6.07, 6.45) is 1.30. The summed E-state index contributed by atoms with van der Waals surface area (Å²) in [5, 5.41) is 8.82. The molecule has 2 rings (SSSR count). The maximum Gasteiger partial charge on any atom is 0.0464 e. The highest BCUT2D eigenvalue weighted by molar-refractivity contribution is 5.20. The minimum atomic E-state index is 0.425. The first-order valence-corrected chi connectivity index (χ1v) is 3.84. The molecule has 2 saturated carbocycles. The molecule has 0 bridgehead atoms. The van der Waals surface area contributed by atoms with E-state index in [0.717, 1.165) is 11.8 Å². The Balaban J connectivity index is 2.03. The maximum absolute atomic E-state index is 8.82. The zero-order valence-corrected chi connectivity index (χ0v) is 6.09. The van der Waals surface area contributed by atoms with Crippen LogP contribution in [0, 0.1) is 23.2 Å². The lowest BCUT2D eigenvalue weighted by Gasteiger charge is -1.86. The van der Waals surface area contributed by atoms with Crippen molar-refractivity contribution in [3.8, 4) is 0 Å². The molecule has 1 heteroatoms. The van der Waals surface area contributed by atoms with Crippen molar-refractivity contribution in [2.24, 2.45) is 23.2 Å². The Kier molecular flexibility index (Phi) is 0.852. The molecule has 0 radical (unpaired) electrons. The smallest absolute Gasteiger partial charge is 0.0464 e. The van der Waals surface area contributed by atoms with Gasteiger partial charge in [-0.05, 0) is 29.6 Å². The molecule has 0 heterocycles. The van der Waals surface area contributed by atoms with Crippen molar-refractivity contribution in [2.45, 2.75) is 20.3 Å². The molecule has 0 aliphatic heterocycles. The quantitative estimate of drug-likeness (QED) is 0.561. The highest BCUT2D eigenvalue weighted by Gasteiger charge is 2.73. The van der Waals surface area contributed by atoms with Gasteiger partial charge in [0.2, 0.25) is 0 Å². The molecule has 52 valence electrons. The number of rotatable bonds is 1. The summed E-state index contributed by atoms with van der Waals surface area (Å²) in [6.45, 7) is 5.04. The third-order valence-corrected chi connectivity index (χ3v) is 3.76. The first-order valence-electron chi connectivity index (χ1n) is 3.84. The normalized spacial score (nSPS) is 62.3. The number of aliphatic hydroxyl groups excluding tert-OH is 1. The molecule has 0 amide bonds. The molecule has 0 saturated heterocycles. The molecule has 0 unspecified atom stereocenters. The van der Waals surface area contributed by atoms with Gasteiger partial charge in [0.15, 0.2) is 0 Å². The Labute approximate surface area is 56.1 Å². The molecule has 0 aromatic heterocycles. The molecule has 3 atom stereocenters. The topological polar surface area (TPSA) is 20.2 Å². The zero-order valence-electron chi connectivity index (χ0n) is 6.09. The summed E-state index contributed by atoms with van der Waals surface area (Å²) in [5.74, 6) is 2.46. The third-order valence-electron chi connectivity index (χ3n) is 3.76. The Bertz CT molecular complexity index is 134. The molecular formula is C8H14O. The van der Waals surface area contributed by atoms with Crippen LogP contribution in [0.5, 0.6) is 0 Å². The highest BCUT2D eigenvalue weighted by atomic mass is 16.3. The van der Waals surface area contributed by atoms with Gasteiger partial charge in [0.1, 0.15) is 0 Å². The van der Waals surface area contributed by atoms with Crippen LogP contribution in [0.4, 0.5) is 0 Å². The number of hydrogen-bond acceptors (Lipinski definition) is 1. The SMILES string of the molecule is C[C@H]1[C@H](C)C12C[C@H]2CO. The summed E-state index contributed by atoms with van der Waals surface area (Å²) in [7, 11) is 0. The second-order valence-corrected chi connectivity index (χ2v) is 3.77. The molecule has 9 heavy (non-hydrogen) atoms. The fourth-order valence-corrected chi connectivity index (χ4v) is 2.61. The van der Waals surface area contributed by atoms with E-state index >= 15 is 0 Å². The Morgan fingerprint density at radius 1 is 1.44 bits per heavy atom. The van der Waals surface area contributed by atoms with Gasteiger partial charge < -0.3 is 5.11 Å². The van der Waals surface area contributed by atoms with Crippen molar-refractivity contribution in [3.63, 3.8) is 0 Å². The standard InChI is InChI=1S/C8H14O/c1-5-6(2)8(5)3-7(8)4-9/h5-7,9H,3-4H2,1-2H3/t5-,6-,7-/m0/s1. The summed E-state index contributed by atoms with van der Waals surface area (Å²) in [6, 6.07) is 0. The van der Waals surface area contributed by atoms with Crippen LogP contribution in [0.3, 0.4) is 0 Å². The van der Waals surface area contributed by atoms with E-state index in [9.17, 15) is 0 Å². The van der Waals surface area contributed by atoms with E-state index in [1.54, 1.807) is 0 Å². The van der Waals surface area contributed by atoms with Crippen LogP contribution in [0.25, 0.3) is 0 Å². The average molecular weight is 126 g/mol. The van der Waals surface area contributed by atoms with Crippen LogP contribution in [0.1, 0.15) is 20.3 Å². The third kappa shape index (κ3) is 0.454. The lowest BCUT2D eigenvalue weighted by molar-refractivity contribution is 0.263. The monoisotopic (exact) mass is 126 g/mol. The number of hydrogen-bond donors (Lipinski definition) is 1. The minimum absolute atomic E-state index is 0.425. The lowest BCUT2D eigenvalue weighted by atomic mass is 10.2. The summed E-state index contributed by atoms with van der Waals surface area (Å²) in [5.41, 5.74) is 0.634. The van der Waals surface area contributed by atoms with E-state index in [2.05, 4.69) is 13.8 Å². The second kappa shape index (κ2) is 1.34. The van der Waals surface area contributed by atoms with Crippen molar-refractivity contribution in [2.75, 3.05) is 6.61 Å². The van der Waals surface area contributed by atoms with Gasteiger partial charge in [0, 0.05) is 6.61 Å². The molecule has 1 spiro atoms. The van der Waals surface area contributed by atoms with Gasteiger partial charge in [-0.15, -0.1) is 0 Å². The molecule has 1 N–H and O–H groups in total. The zero-order chi connectivity index (χ0) is 6.65. The summed E-state index contributed by atoms with van der Waals surface area (Å²) >= 11 is 0. The molecule has 2 aliphatic carbocycles. The van der Waals surface area contributed by atoms with Crippen LogP contribution < -0.4 is 0 Å². The predicted molar refractivity (Wildman–Crippen MR) is 36.0 cm³/mol. The van der Waals surface area contributed by atoms with Crippen molar-refractivity contribution < 1.29 is 5.11 Å². The van der Waals surface area contributed by atoms with E-state index in [0.29, 0.717) is 17.9 Å². The fraction of sp³-hybridized carbons (Fsp3) is 1.00. The van der Waals surface area contributed by atoms with E-state index < -0.39 is 0 Å². The van der Waals surface area contributed by atoms with E-state index in [4.69, 9.17) is 5.11 Å². The van der Waals surface area contributed by atoms with Crippen LogP contribution in [-0.4, -0.2) is 11.7 Å². The molecule has 2 fully saturated rings. The molecule has 2 aliphatic rings. The Morgan fingerprint density at radius 3 is 2.11 bits per heavy atom. The van der Waals surface area contributed by atoms with E-state index in [-0.39, 0.29) is 0 Å². The van der Waals surface area contributed by atoms with Crippen LogP contribution in [0.15, 0.2) is 0 Å². The fourth-order valence-electron chi connectivity index (χ4n) is 2.61. The minimum Gasteiger partial charge on any atom is -0.396 e.